The number of ether oxygens (including phenoxy) is 3. The average Bonchev–Trinajstić information content (AvgIpc) is 2.77. The molecule has 0 unspecified atom stereocenters. The molecule has 9 heteroatoms. The Morgan fingerprint density at radius 2 is 2.10 bits per heavy atom. The maximum atomic E-state index is 12.9. The molecule has 0 aliphatic carbocycles. The number of carbonyl (C=O) groups is 2. The first-order valence-electron chi connectivity index (χ1n) is 10.00. The Morgan fingerprint density at radius 1 is 1.32 bits per heavy atom. The number of rotatable bonds is 4. The fourth-order valence-corrected chi connectivity index (χ4v) is 3.38. The molecule has 2 amide bonds. The molecule has 2 aromatic rings. The summed E-state index contributed by atoms with van der Waals surface area (Å²) in [5, 5.41) is 11.6. The second-order valence-electron chi connectivity index (χ2n) is 7.26. The number of anilines is 1. The number of benzene rings is 2. The normalized spacial score (nSPS) is 17.9. The highest BCUT2D eigenvalue weighted by molar-refractivity contribution is 5.96. The first-order chi connectivity index (χ1) is 15.0. The molecule has 1 aliphatic rings. The van der Waals surface area contributed by atoms with Gasteiger partial charge in [-0.25, -0.2) is 5.48 Å². The summed E-state index contributed by atoms with van der Waals surface area (Å²) < 4.78 is 17.1. The van der Waals surface area contributed by atoms with Gasteiger partial charge >= 0.3 is 0 Å². The van der Waals surface area contributed by atoms with Crippen LogP contribution in [0.1, 0.15) is 24.0 Å². The van der Waals surface area contributed by atoms with Crippen molar-refractivity contribution in [1.82, 2.24) is 5.48 Å². The van der Waals surface area contributed by atoms with E-state index < -0.39 is 24.0 Å². The molecule has 0 saturated carbocycles. The number of methoxy groups -OCH3 is 1. The van der Waals surface area contributed by atoms with Crippen molar-refractivity contribution in [2.75, 3.05) is 19.0 Å². The minimum atomic E-state index is -1.09. The minimum Gasteiger partial charge on any atom is -0.497 e. The molecule has 0 spiro atoms. The Balaban J connectivity index is 1.89. The Morgan fingerprint density at radius 3 is 2.87 bits per heavy atom. The summed E-state index contributed by atoms with van der Waals surface area (Å²) in [7, 11) is 1.62. The Kier molecular flexibility index (Phi) is 7.82. The molecule has 0 saturated heterocycles. The maximum absolute atomic E-state index is 12.9. The third-order valence-electron chi connectivity index (χ3n) is 4.90. The molecule has 2 aromatic carbocycles. The van der Waals surface area contributed by atoms with Gasteiger partial charge in [-0.15, -0.1) is 0 Å². The van der Waals surface area contributed by atoms with E-state index in [1.165, 1.54) is 5.48 Å². The quantitative estimate of drug-likeness (QED) is 0.430. The lowest BCUT2D eigenvalue weighted by Crippen LogP contribution is -2.47. The second-order valence-corrected chi connectivity index (χ2v) is 7.26. The van der Waals surface area contributed by atoms with Gasteiger partial charge in [0.25, 0.3) is 5.91 Å². The van der Waals surface area contributed by atoms with Crippen LogP contribution >= 0.6 is 0 Å². The van der Waals surface area contributed by atoms with Gasteiger partial charge in [0.15, 0.2) is 6.10 Å². The number of aryl methyl sites for hydroxylation is 1. The van der Waals surface area contributed by atoms with Crippen molar-refractivity contribution >= 4 is 17.5 Å². The fraction of sp³-hybridized carbons (Fsp3) is 0.364. The number of carbonyl (C=O) groups excluding carboxylic acids is 2. The van der Waals surface area contributed by atoms with Gasteiger partial charge in [0.2, 0.25) is 5.91 Å². The minimum absolute atomic E-state index is 0.261. The van der Waals surface area contributed by atoms with Gasteiger partial charge in [-0.3, -0.25) is 14.8 Å². The second kappa shape index (κ2) is 10.8. The van der Waals surface area contributed by atoms with Crippen LogP contribution in [0.25, 0.3) is 0 Å². The first kappa shape index (κ1) is 22.5. The number of para-hydroxylation sites is 2. The molecule has 166 valence electrons. The van der Waals surface area contributed by atoms with Crippen molar-refractivity contribution < 1.29 is 29.0 Å². The van der Waals surface area contributed by atoms with E-state index >= 15 is 0 Å². The van der Waals surface area contributed by atoms with Crippen molar-refractivity contribution in [3.8, 4) is 11.5 Å². The number of nitrogens with one attached hydrogen (secondary N) is 2. The van der Waals surface area contributed by atoms with E-state index in [1.807, 2.05) is 18.2 Å². The molecule has 9 nitrogen and oxygen atoms in total. The molecule has 2 bridgehead atoms. The number of hydrogen-bond donors (Lipinski definition) is 4. The first-order valence-corrected chi connectivity index (χ1v) is 10.00. The van der Waals surface area contributed by atoms with Gasteiger partial charge < -0.3 is 25.3 Å². The Bertz CT molecular complexity index is 920. The standard InChI is InChI=1S/C22H27N3O6/c1-29-16-10-14-5-4-8-30-21(17(23)12-20(26)25-28)22(27)24-18-6-2-3-7-19(18)31-13-15(9-14)11-16/h2-3,6-7,9-11,17,21,28H,4-5,8,12-13,23H2,1H3,(H,24,27)(H,25,26)/t17-,21-/m0/s1. The van der Waals surface area contributed by atoms with Crippen LogP contribution in [0.4, 0.5) is 5.69 Å². The van der Waals surface area contributed by atoms with E-state index in [4.69, 9.17) is 25.2 Å². The molecule has 0 fully saturated rings. The van der Waals surface area contributed by atoms with Crippen LogP contribution in [0.3, 0.4) is 0 Å². The molecule has 31 heavy (non-hydrogen) atoms. The fourth-order valence-electron chi connectivity index (χ4n) is 3.38. The lowest BCUT2D eigenvalue weighted by atomic mass is 10.1. The van der Waals surface area contributed by atoms with Crippen LogP contribution < -0.4 is 26.0 Å². The molecule has 0 aromatic heterocycles. The lowest BCUT2D eigenvalue weighted by molar-refractivity contribution is -0.133. The molecule has 2 atom stereocenters. The molecular weight excluding hydrogens is 402 g/mol. The largest absolute Gasteiger partial charge is 0.497 e. The molecule has 1 heterocycles. The number of hydroxylamine groups is 1. The van der Waals surface area contributed by atoms with Crippen LogP contribution in [-0.2, 0) is 27.4 Å². The van der Waals surface area contributed by atoms with Gasteiger partial charge in [0.05, 0.1) is 12.8 Å². The van der Waals surface area contributed by atoms with Gasteiger partial charge in [-0.2, -0.15) is 0 Å². The summed E-state index contributed by atoms with van der Waals surface area (Å²) in [5.74, 6) is 0.0285. The average molecular weight is 429 g/mol. The monoisotopic (exact) mass is 429 g/mol. The highest BCUT2D eigenvalue weighted by Gasteiger charge is 2.29. The third kappa shape index (κ3) is 6.17. The predicted octanol–water partition coefficient (Wildman–Crippen LogP) is 1.77. The van der Waals surface area contributed by atoms with Crippen LogP contribution in [0.2, 0.25) is 0 Å². The highest BCUT2D eigenvalue weighted by atomic mass is 16.5. The van der Waals surface area contributed by atoms with Crippen LogP contribution in [-0.4, -0.2) is 42.9 Å². The van der Waals surface area contributed by atoms with Gasteiger partial charge in [-0.05, 0) is 48.2 Å². The summed E-state index contributed by atoms with van der Waals surface area (Å²) in [6, 6.07) is 12.0. The van der Waals surface area contributed by atoms with E-state index in [9.17, 15) is 9.59 Å². The summed E-state index contributed by atoms with van der Waals surface area (Å²) in [5.41, 5.74) is 10.0. The van der Waals surface area contributed by atoms with Gasteiger partial charge in [0, 0.05) is 19.1 Å². The van der Waals surface area contributed by atoms with Crippen molar-refractivity contribution in [2.24, 2.45) is 5.73 Å². The van der Waals surface area contributed by atoms with E-state index in [-0.39, 0.29) is 13.0 Å². The topological polar surface area (TPSA) is 132 Å². The predicted molar refractivity (Wildman–Crippen MR) is 113 cm³/mol. The van der Waals surface area contributed by atoms with Gasteiger partial charge in [-0.1, -0.05) is 18.2 Å². The summed E-state index contributed by atoms with van der Waals surface area (Å²) in [4.78, 5) is 24.5. The zero-order chi connectivity index (χ0) is 22.2. The smallest absolute Gasteiger partial charge is 0.255 e. The van der Waals surface area contributed by atoms with Crippen molar-refractivity contribution in [2.45, 2.75) is 38.0 Å². The van der Waals surface area contributed by atoms with Crippen molar-refractivity contribution in [3.63, 3.8) is 0 Å². The number of amides is 2. The molecular formula is C22H27N3O6. The zero-order valence-electron chi connectivity index (χ0n) is 17.3. The van der Waals surface area contributed by atoms with Crippen LogP contribution in [0, 0.1) is 0 Å². The molecule has 0 radical (unpaired) electrons. The molecule has 1 aliphatic heterocycles. The number of nitrogens with two attached hydrogens (primary N) is 1. The zero-order valence-corrected chi connectivity index (χ0v) is 17.3. The lowest BCUT2D eigenvalue weighted by Gasteiger charge is -2.24. The summed E-state index contributed by atoms with van der Waals surface area (Å²) in [6.45, 7) is 0.560. The number of fused-ring (bicyclic) bond motifs is 3. The van der Waals surface area contributed by atoms with E-state index in [0.29, 0.717) is 30.9 Å². The van der Waals surface area contributed by atoms with Crippen LogP contribution in [0.15, 0.2) is 42.5 Å². The summed E-state index contributed by atoms with van der Waals surface area (Å²) >= 11 is 0. The van der Waals surface area contributed by atoms with E-state index in [2.05, 4.69) is 5.32 Å². The maximum Gasteiger partial charge on any atom is 0.255 e. The van der Waals surface area contributed by atoms with E-state index in [0.717, 1.165) is 16.9 Å². The number of hydrogen-bond acceptors (Lipinski definition) is 7. The Hall–Kier alpha value is -3.14. The highest BCUT2D eigenvalue weighted by Crippen LogP contribution is 2.27. The van der Waals surface area contributed by atoms with Crippen molar-refractivity contribution in [3.05, 3.63) is 53.6 Å². The van der Waals surface area contributed by atoms with Crippen molar-refractivity contribution in [1.29, 1.82) is 0 Å². The SMILES string of the molecule is COc1cc2cc(c1)COc1ccccc1NC(=O)[C@H]([C@@H](N)CC(=O)NO)OCCC2. The molecule has 5 N–H and O–H groups in total. The van der Waals surface area contributed by atoms with E-state index in [1.54, 1.807) is 31.4 Å². The molecule has 3 rings (SSSR count). The summed E-state index contributed by atoms with van der Waals surface area (Å²) in [6.07, 6.45) is -0.0330. The van der Waals surface area contributed by atoms with Gasteiger partial charge in [0.1, 0.15) is 18.1 Å². The Labute approximate surface area is 180 Å². The third-order valence-corrected chi connectivity index (χ3v) is 4.90. The van der Waals surface area contributed by atoms with Crippen LogP contribution in [0.5, 0.6) is 11.5 Å².